The Morgan fingerprint density at radius 1 is 1.24 bits per heavy atom. The molecule has 0 N–H and O–H groups in total. The second-order valence-electron chi connectivity index (χ2n) is 7.83. The molecule has 0 saturated heterocycles. The molecule has 0 aromatic rings. The Morgan fingerprint density at radius 2 is 1.90 bits per heavy atom. The first-order chi connectivity index (χ1) is 10.0. The summed E-state index contributed by atoms with van der Waals surface area (Å²) in [5, 5.41) is 0. The molecule has 0 aromatic carbocycles. The fourth-order valence-electron chi connectivity index (χ4n) is 4.80. The van der Waals surface area contributed by atoms with E-state index in [0.717, 1.165) is 22.5 Å². The Balaban J connectivity index is 2.26. The first-order valence-electron chi connectivity index (χ1n) is 9.35. The van der Waals surface area contributed by atoms with Crippen molar-refractivity contribution in [2.24, 2.45) is 17.8 Å². The molecule has 4 unspecified atom stereocenters. The number of hydrogen-bond donors (Lipinski definition) is 0. The van der Waals surface area contributed by atoms with Gasteiger partial charge in [-0.3, -0.25) is 0 Å². The van der Waals surface area contributed by atoms with Crippen LogP contribution in [0.4, 0.5) is 0 Å². The molecule has 0 spiro atoms. The maximum absolute atomic E-state index is 4.30. The molecule has 21 heavy (non-hydrogen) atoms. The van der Waals surface area contributed by atoms with E-state index < -0.39 is 0 Å². The lowest BCUT2D eigenvalue weighted by Gasteiger charge is -2.43. The summed E-state index contributed by atoms with van der Waals surface area (Å²) in [6, 6.07) is 0. The molecule has 2 rings (SSSR count). The Hall–Kier alpha value is 0.752. The van der Waals surface area contributed by atoms with Gasteiger partial charge in [0.1, 0.15) is 0 Å². The molecule has 2 aliphatic rings. The summed E-state index contributed by atoms with van der Waals surface area (Å²) < 4.78 is 1.36. The molecule has 2 fully saturated rings. The van der Waals surface area contributed by atoms with Gasteiger partial charge in [-0.05, 0) is 50.9 Å². The fraction of sp³-hybridized carbons (Fsp3) is 0.895. The van der Waals surface area contributed by atoms with E-state index in [-0.39, 0.29) is 4.32 Å². The normalized spacial score (nSPS) is 32.3. The topological polar surface area (TPSA) is 0 Å². The quantitative estimate of drug-likeness (QED) is 0.236. The molecule has 0 heterocycles. The highest BCUT2D eigenvalue weighted by Crippen LogP contribution is 2.56. The zero-order chi connectivity index (χ0) is 15.5. The van der Waals surface area contributed by atoms with Crippen LogP contribution in [0.25, 0.3) is 0 Å². The molecule has 0 aromatic heterocycles. The van der Waals surface area contributed by atoms with Crippen molar-refractivity contribution in [3.63, 3.8) is 0 Å². The molecule has 4 atom stereocenters. The number of hydrogen-bond acceptors (Lipinski definition) is 0. The fourth-order valence-corrected chi connectivity index (χ4v) is 7.18. The summed E-state index contributed by atoms with van der Waals surface area (Å²) in [6.07, 6.45) is 15.5. The Bertz CT molecular complexity index is 361. The SMILES string of the molecule is C/C=C(/C)C(Br)(CCC)C(C1CC1)C1CCCC[CH]([AlH2])C1. The van der Waals surface area contributed by atoms with Crippen molar-refractivity contribution >= 4 is 32.2 Å². The Morgan fingerprint density at radius 3 is 2.48 bits per heavy atom. The minimum absolute atomic E-state index is 0.286. The maximum Gasteiger partial charge on any atom is 0.216 e. The van der Waals surface area contributed by atoms with E-state index >= 15 is 0 Å². The van der Waals surface area contributed by atoms with Crippen molar-refractivity contribution in [2.75, 3.05) is 0 Å². The minimum Gasteiger partial charge on any atom is -0.0899 e. The van der Waals surface area contributed by atoms with Crippen molar-refractivity contribution in [3.8, 4) is 0 Å². The van der Waals surface area contributed by atoms with E-state index in [4.69, 9.17) is 0 Å². The average molecular weight is 369 g/mol. The van der Waals surface area contributed by atoms with E-state index in [9.17, 15) is 0 Å². The lowest BCUT2D eigenvalue weighted by atomic mass is 9.70. The molecular formula is C19H34AlBr. The van der Waals surface area contributed by atoms with Crippen LogP contribution < -0.4 is 0 Å². The van der Waals surface area contributed by atoms with Crippen LogP contribution in [0.1, 0.15) is 78.6 Å². The molecule has 2 heteroatoms. The average Bonchev–Trinajstić information content (AvgIpc) is 3.27. The van der Waals surface area contributed by atoms with Crippen molar-refractivity contribution < 1.29 is 0 Å². The minimum atomic E-state index is 0.286. The lowest BCUT2D eigenvalue weighted by molar-refractivity contribution is 0.216. The first-order valence-corrected chi connectivity index (χ1v) is 11.3. The molecule has 2 aliphatic carbocycles. The summed E-state index contributed by atoms with van der Waals surface area (Å²) in [5.41, 5.74) is 1.59. The van der Waals surface area contributed by atoms with Gasteiger partial charge in [-0.1, -0.05) is 77.8 Å². The van der Waals surface area contributed by atoms with E-state index in [1.54, 1.807) is 5.57 Å². The molecule has 0 amide bonds. The predicted octanol–water partition coefficient (Wildman–Crippen LogP) is 5.91. The summed E-state index contributed by atoms with van der Waals surface area (Å²) in [6.45, 7) is 6.95. The second-order valence-corrected chi connectivity index (χ2v) is 10.9. The summed E-state index contributed by atoms with van der Waals surface area (Å²) in [4.78, 5) is 0. The van der Waals surface area contributed by atoms with Gasteiger partial charge in [0.25, 0.3) is 0 Å². The summed E-state index contributed by atoms with van der Waals surface area (Å²) in [7, 11) is 0. The van der Waals surface area contributed by atoms with Gasteiger partial charge in [0.15, 0.2) is 0 Å². The third kappa shape index (κ3) is 4.39. The van der Waals surface area contributed by atoms with Crippen LogP contribution in [0.2, 0.25) is 4.78 Å². The molecular weight excluding hydrogens is 335 g/mol. The van der Waals surface area contributed by atoms with Crippen molar-refractivity contribution in [2.45, 2.75) is 87.7 Å². The molecule has 0 nitrogen and oxygen atoms in total. The summed E-state index contributed by atoms with van der Waals surface area (Å²) in [5.74, 6) is 2.87. The standard InChI is InChI=1S/C19H32Br.Al.2H/c1-4-14-19(20,15(3)5-2)18(17-12-13-17)16-10-8-6-7-9-11-16;;;/h5,8,16-18H,4,6-7,9-14H2,1-3H3;;;/b15-5-;;;. The molecule has 0 radical (unpaired) electrons. The second kappa shape index (κ2) is 8.03. The van der Waals surface area contributed by atoms with Crippen LogP contribution in [-0.2, 0) is 0 Å². The lowest BCUT2D eigenvalue weighted by Crippen LogP contribution is -2.39. The summed E-state index contributed by atoms with van der Waals surface area (Å²) >= 11 is 5.71. The van der Waals surface area contributed by atoms with Gasteiger partial charge in [-0.25, -0.2) is 0 Å². The monoisotopic (exact) mass is 368 g/mol. The van der Waals surface area contributed by atoms with Crippen LogP contribution >= 0.6 is 15.9 Å². The van der Waals surface area contributed by atoms with Crippen LogP contribution in [0.15, 0.2) is 11.6 Å². The van der Waals surface area contributed by atoms with Crippen LogP contribution in [0.5, 0.6) is 0 Å². The van der Waals surface area contributed by atoms with E-state index in [2.05, 4.69) is 42.8 Å². The highest BCUT2D eigenvalue weighted by molar-refractivity contribution is 9.10. The third-order valence-electron chi connectivity index (χ3n) is 6.10. The van der Waals surface area contributed by atoms with Gasteiger partial charge in [-0.15, -0.1) is 0 Å². The van der Waals surface area contributed by atoms with Gasteiger partial charge in [-0.2, -0.15) is 0 Å². The maximum atomic E-state index is 4.30. The van der Waals surface area contributed by atoms with Crippen molar-refractivity contribution in [1.29, 1.82) is 0 Å². The van der Waals surface area contributed by atoms with Gasteiger partial charge in [0, 0.05) is 4.32 Å². The number of rotatable bonds is 6. The first kappa shape index (κ1) is 18.1. The van der Waals surface area contributed by atoms with Gasteiger partial charge in [0.05, 0.1) is 0 Å². The Labute approximate surface area is 149 Å². The van der Waals surface area contributed by atoms with Crippen LogP contribution in [0, 0.1) is 17.8 Å². The van der Waals surface area contributed by atoms with E-state index in [0.29, 0.717) is 0 Å². The van der Waals surface area contributed by atoms with Gasteiger partial charge >= 0.3 is 0 Å². The zero-order valence-electron chi connectivity index (χ0n) is 14.6. The zero-order valence-corrected chi connectivity index (χ0v) is 18.2. The van der Waals surface area contributed by atoms with E-state index in [1.807, 2.05) is 0 Å². The third-order valence-corrected chi connectivity index (χ3v) is 8.69. The smallest absolute Gasteiger partial charge is 0.0899 e. The molecule has 0 bridgehead atoms. The number of halogens is 1. The van der Waals surface area contributed by atoms with Crippen LogP contribution in [0.3, 0.4) is 0 Å². The number of allylic oxidation sites excluding steroid dienone is 2. The number of alkyl halides is 1. The van der Waals surface area contributed by atoms with Crippen LogP contribution in [-0.4, -0.2) is 20.6 Å². The van der Waals surface area contributed by atoms with Crippen molar-refractivity contribution in [1.82, 2.24) is 0 Å². The molecule has 0 aliphatic heterocycles. The molecule has 2 saturated carbocycles. The van der Waals surface area contributed by atoms with Gasteiger partial charge in [0.2, 0.25) is 16.3 Å². The molecule has 120 valence electrons. The largest absolute Gasteiger partial charge is 0.216 e. The van der Waals surface area contributed by atoms with Gasteiger partial charge < -0.3 is 0 Å². The highest BCUT2D eigenvalue weighted by atomic mass is 79.9. The van der Waals surface area contributed by atoms with Crippen molar-refractivity contribution in [3.05, 3.63) is 11.6 Å². The highest BCUT2D eigenvalue weighted by Gasteiger charge is 2.49. The predicted molar refractivity (Wildman–Crippen MR) is 101 cm³/mol. The van der Waals surface area contributed by atoms with E-state index in [1.165, 1.54) is 74.1 Å². The Kier molecular flexibility index (Phi) is 6.92.